The van der Waals surface area contributed by atoms with Gasteiger partial charge in [-0.1, -0.05) is 188 Å². The summed E-state index contributed by atoms with van der Waals surface area (Å²) in [6.07, 6.45) is 0. The summed E-state index contributed by atoms with van der Waals surface area (Å²) >= 11 is 0. The van der Waals surface area contributed by atoms with Crippen molar-refractivity contribution in [2.75, 3.05) is 4.90 Å². The minimum Gasteiger partial charge on any atom is -0.454 e. The lowest BCUT2D eigenvalue weighted by atomic mass is 9.90. The van der Waals surface area contributed by atoms with Crippen LogP contribution in [-0.4, -0.2) is 0 Å². The van der Waals surface area contributed by atoms with Crippen molar-refractivity contribution in [3.8, 4) is 44.5 Å². The van der Waals surface area contributed by atoms with E-state index in [-0.39, 0.29) is 0 Å². The molecule has 0 aliphatic carbocycles. The average molecular weight is 890 g/mol. The van der Waals surface area contributed by atoms with Crippen LogP contribution >= 0.6 is 0 Å². The van der Waals surface area contributed by atoms with Gasteiger partial charge in [-0.05, 0) is 171 Å². The Kier molecular flexibility index (Phi) is 9.25. The highest BCUT2D eigenvalue weighted by Gasteiger charge is 2.22. The molecular weight excluding hydrogens is 847 g/mol. The molecule has 14 rings (SSSR count). The summed E-state index contributed by atoms with van der Waals surface area (Å²) in [6, 6.07) is 95.1. The van der Waals surface area contributed by atoms with Gasteiger partial charge >= 0.3 is 0 Å². The second-order valence-electron chi connectivity index (χ2n) is 18.5. The van der Waals surface area contributed by atoms with Gasteiger partial charge in [0, 0.05) is 22.1 Å². The van der Waals surface area contributed by atoms with Gasteiger partial charge in [-0.3, -0.25) is 0 Å². The van der Waals surface area contributed by atoms with E-state index in [1.54, 1.807) is 0 Å². The van der Waals surface area contributed by atoms with E-state index in [9.17, 15) is 0 Å². The summed E-state index contributed by atoms with van der Waals surface area (Å²) in [7, 11) is 0. The molecule has 13 aromatic carbocycles. The van der Waals surface area contributed by atoms with Crippen molar-refractivity contribution in [1.29, 1.82) is 0 Å². The summed E-state index contributed by atoms with van der Waals surface area (Å²) in [5.74, 6) is 0. The van der Waals surface area contributed by atoms with Crippen LogP contribution in [0.15, 0.2) is 265 Å². The maximum absolute atomic E-state index is 6.89. The molecule has 0 N–H and O–H groups in total. The fraction of sp³-hybridized carbons (Fsp3) is 0. The molecular formula is C68H43NO. The number of hydrogen-bond acceptors (Lipinski definition) is 2. The number of furan rings is 1. The van der Waals surface area contributed by atoms with Gasteiger partial charge in [-0.2, -0.15) is 0 Å². The highest BCUT2D eigenvalue weighted by atomic mass is 16.3. The molecule has 2 nitrogen and oxygen atoms in total. The lowest BCUT2D eigenvalue weighted by Crippen LogP contribution is -2.10. The molecule has 70 heavy (non-hydrogen) atoms. The largest absolute Gasteiger partial charge is 0.454 e. The second-order valence-corrected chi connectivity index (χ2v) is 18.5. The Morgan fingerprint density at radius 2 is 0.643 bits per heavy atom. The molecule has 0 aliphatic heterocycles. The number of nitrogens with zero attached hydrogens (tertiary/aromatic N) is 1. The maximum atomic E-state index is 6.89. The molecule has 0 aliphatic rings. The van der Waals surface area contributed by atoms with Crippen molar-refractivity contribution < 1.29 is 4.42 Å². The summed E-state index contributed by atoms with van der Waals surface area (Å²) in [5.41, 5.74) is 14.3. The van der Waals surface area contributed by atoms with E-state index in [1.807, 2.05) is 0 Å². The zero-order valence-electron chi connectivity index (χ0n) is 38.2. The van der Waals surface area contributed by atoms with Crippen LogP contribution in [0.1, 0.15) is 0 Å². The molecule has 0 bridgehead atoms. The lowest BCUT2D eigenvalue weighted by Gasteiger charge is -2.26. The Morgan fingerprint density at radius 3 is 1.23 bits per heavy atom. The highest BCUT2D eigenvalue weighted by molar-refractivity contribution is 6.23. The summed E-state index contributed by atoms with van der Waals surface area (Å²) < 4.78 is 6.89. The number of hydrogen-bond donors (Lipinski definition) is 0. The van der Waals surface area contributed by atoms with Gasteiger partial charge in [0.1, 0.15) is 5.58 Å². The summed E-state index contributed by atoms with van der Waals surface area (Å²) in [5, 5.41) is 14.4. The van der Waals surface area contributed by atoms with E-state index in [4.69, 9.17) is 4.42 Å². The first-order valence-electron chi connectivity index (χ1n) is 24.0. The van der Waals surface area contributed by atoms with Crippen molar-refractivity contribution in [3.05, 3.63) is 261 Å². The first kappa shape index (κ1) is 39.9. The molecule has 1 heterocycles. The minimum absolute atomic E-state index is 0.860. The van der Waals surface area contributed by atoms with Gasteiger partial charge in [0.25, 0.3) is 0 Å². The van der Waals surface area contributed by atoms with Crippen LogP contribution in [0.5, 0.6) is 0 Å². The Bertz CT molecular complexity index is 4350. The number of benzene rings is 13. The molecule has 2 heteroatoms. The molecule has 1 aromatic heterocycles. The van der Waals surface area contributed by atoms with Crippen molar-refractivity contribution in [2.24, 2.45) is 0 Å². The number of rotatable bonds is 7. The molecule has 0 unspecified atom stereocenters. The van der Waals surface area contributed by atoms with Crippen molar-refractivity contribution in [3.63, 3.8) is 0 Å². The van der Waals surface area contributed by atoms with Gasteiger partial charge < -0.3 is 9.32 Å². The van der Waals surface area contributed by atoms with Crippen molar-refractivity contribution >= 4 is 92.9 Å². The number of fused-ring (bicyclic) bond motifs is 9. The van der Waals surface area contributed by atoms with Crippen LogP contribution in [0.3, 0.4) is 0 Å². The van der Waals surface area contributed by atoms with Crippen molar-refractivity contribution in [2.45, 2.75) is 0 Å². The number of para-hydroxylation sites is 1. The Hall–Kier alpha value is -9.24. The average Bonchev–Trinajstić information content (AvgIpc) is 3.83. The van der Waals surface area contributed by atoms with E-state index in [2.05, 4.69) is 266 Å². The van der Waals surface area contributed by atoms with Gasteiger partial charge in [0.2, 0.25) is 0 Å². The SMILES string of the molecule is c1ccc2cc(-c3ccc4cc(-c5ccc(N(c6ccc(-c7cc8ccccc8cc7-c7ccc8ccccc8c7)cc6)c6cc7ccccc7c7c6oc6ccccc67)cc5)ccc4c3)ccc2c1. The molecule has 0 saturated carbocycles. The van der Waals surface area contributed by atoms with E-state index in [0.29, 0.717) is 0 Å². The molecule has 0 atom stereocenters. The fourth-order valence-electron chi connectivity index (χ4n) is 10.8. The monoisotopic (exact) mass is 889 g/mol. The molecule has 0 amide bonds. The summed E-state index contributed by atoms with van der Waals surface area (Å²) in [6.45, 7) is 0. The molecule has 0 saturated heterocycles. The van der Waals surface area contributed by atoms with Crippen LogP contribution in [-0.2, 0) is 0 Å². The molecule has 0 radical (unpaired) electrons. The quantitative estimate of drug-likeness (QED) is 0.159. The molecule has 14 aromatic rings. The summed E-state index contributed by atoms with van der Waals surface area (Å²) in [4.78, 5) is 2.37. The van der Waals surface area contributed by atoms with Gasteiger partial charge in [-0.15, -0.1) is 0 Å². The molecule has 326 valence electrons. The van der Waals surface area contributed by atoms with E-state index in [1.165, 1.54) is 81.9 Å². The van der Waals surface area contributed by atoms with Crippen LogP contribution in [0, 0.1) is 0 Å². The minimum atomic E-state index is 0.860. The normalized spacial score (nSPS) is 11.7. The molecule has 0 spiro atoms. The van der Waals surface area contributed by atoms with Crippen LogP contribution < -0.4 is 4.90 Å². The Balaban J connectivity index is 0.887. The topological polar surface area (TPSA) is 16.4 Å². The van der Waals surface area contributed by atoms with Gasteiger partial charge in [-0.25, -0.2) is 0 Å². The third kappa shape index (κ3) is 6.80. The Labute approximate surface area is 405 Å². The van der Waals surface area contributed by atoms with Crippen LogP contribution in [0.4, 0.5) is 17.1 Å². The smallest absolute Gasteiger partial charge is 0.160 e. The van der Waals surface area contributed by atoms with Crippen molar-refractivity contribution in [1.82, 2.24) is 0 Å². The zero-order valence-corrected chi connectivity index (χ0v) is 38.2. The maximum Gasteiger partial charge on any atom is 0.160 e. The lowest BCUT2D eigenvalue weighted by molar-refractivity contribution is 0.669. The number of anilines is 3. The highest BCUT2D eigenvalue weighted by Crippen LogP contribution is 2.47. The zero-order chi connectivity index (χ0) is 46.1. The first-order chi connectivity index (χ1) is 34.6. The van der Waals surface area contributed by atoms with Crippen LogP contribution in [0.2, 0.25) is 0 Å². The van der Waals surface area contributed by atoms with Crippen LogP contribution in [0.25, 0.3) is 120 Å². The second kappa shape index (κ2) is 16.2. The van der Waals surface area contributed by atoms with E-state index < -0.39 is 0 Å². The molecule has 0 fully saturated rings. The predicted molar refractivity (Wildman–Crippen MR) is 298 cm³/mol. The van der Waals surface area contributed by atoms with E-state index >= 15 is 0 Å². The third-order valence-electron chi connectivity index (χ3n) is 14.4. The standard InChI is InChI=1S/C68H43NO/c1-3-13-48-37-53(23-21-44(48)11-1)56-27-26-54-38-52(24-25-55(54)39-56)46-29-33-59(34-30-46)69(65-43-57-17-7-8-18-61(57)67-62-19-9-10-20-66(62)70-68(65)67)60-35-31-47(32-36-60)63-41-50-15-5-6-16-51(50)42-64(63)58-28-22-45-12-2-4-14-49(45)40-58/h1-43H. The predicted octanol–water partition coefficient (Wildman–Crippen LogP) is 19.5. The first-order valence-corrected chi connectivity index (χ1v) is 24.0. The van der Waals surface area contributed by atoms with Gasteiger partial charge in [0.05, 0.1) is 5.69 Å². The third-order valence-corrected chi connectivity index (χ3v) is 14.4. The van der Waals surface area contributed by atoms with E-state index in [0.717, 1.165) is 55.5 Å². The fourth-order valence-corrected chi connectivity index (χ4v) is 10.8. The van der Waals surface area contributed by atoms with Gasteiger partial charge in [0.15, 0.2) is 5.58 Å². The Morgan fingerprint density at radius 1 is 0.257 bits per heavy atom.